The van der Waals surface area contributed by atoms with Crippen molar-refractivity contribution in [2.75, 3.05) is 6.17 Å². The van der Waals surface area contributed by atoms with Crippen LogP contribution in [0.4, 0.5) is 0 Å². The van der Waals surface area contributed by atoms with Crippen LogP contribution >= 0.6 is 0 Å². The molecule has 0 fully saturated rings. The molecule has 20 heavy (non-hydrogen) atoms. The van der Waals surface area contributed by atoms with Crippen LogP contribution in [0.2, 0.25) is 13.1 Å². The molecule has 1 heterocycles. The molecule has 1 aromatic carbocycles. The average Bonchev–Trinajstić information content (AvgIpc) is 2.77. The van der Waals surface area contributed by atoms with Crippen molar-refractivity contribution >= 4 is 19.2 Å². The summed E-state index contributed by atoms with van der Waals surface area (Å²) in [6.45, 7) is 6.45. The summed E-state index contributed by atoms with van der Waals surface area (Å²) in [6, 6.07) is 12.2. The molecule has 0 aliphatic carbocycles. The van der Waals surface area contributed by atoms with Crippen LogP contribution in [0.3, 0.4) is 0 Å². The van der Waals surface area contributed by atoms with Gasteiger partial charge in [0.15, 0.2) is 0 Å². The third-order valence-electron chi connectivity index (χ3n) is 3.59. The van der Waals surface area contributed by atoms with E-state index in [1.807, 2.05) is 38.2 Å². The number of aromatic nitrogens is 2. The Labute approximate surface area is 120 Å². The van der Waals surface area contributed by atoms with E-state index in [2.05, 4.69) is 35.6 Å². The minimum atomic E-state index is -1.65. The van der Waals surface area contributed by atoms with Crippen LogP contribution in [0, 0.1) is 6.92 Å². The Morgan fingerprint density at radius 2 is 1.95 bits per heavy atom. The molecule has 0 saturated heterocycles. The van der Waals surface area contributed by atoms with Gasteiger partial charge in [0.25, 0.3) is 5.91 Å². The lowest BCUT2D eigenvalue weighted by Crippen LogP contribution is -2.51. The Bertz CT molecular complexity index is 585. The molecule has 0 saturated carbocycles. The molecule has 1 amide bonds. The molecule has 4 nitrogen and oxygen atoms in total. The summed E-state index contributed by atoms with van der Waals surface area (Å²) in [4.78, 5) is 12.1. The maximum absolute atomic E-state index is 12.1. The van der Waals surface area contributed by atoms with E-state index < -0.39 is 8.07 Å². The number of nitrogens with zero attached hydrogens (tertiary/aromatic N) is 2. The van der Waals surface area contributed by atoms with Gasteiger partial charge in [-0.15, -0.1) is 0 Å². The van der Waals surface area contributed by atoms with Gasteiger partial charge >= 0.3 is 0 Å². The third kappa shape index (κ3) is 3.16. The van der Waals surface area contributed by atoms with Gasteiger partial charge in [-0.2, -0.15) is 5.10 Å². The first kappa shape index (κ1) is 14.5. The lowest BCUT2D eigenvalue weighted by atomic mass is 10.3. The highest BCUT2D eigenvalue weighted by Crippen LogP contribution is 2.04. The largest absolute Gasteiger partial charge is 0.353 e. The Morgan fingerprint density at radius 1 is 1.30 bits per heavy atom. The quantitative estimate of drug-likeness (QED) is 0.869. The Kier molecular flexibility index (Phi) is 4.08. The highest BCUT2D eigenvalue weighted by molar-refractivity contribution is 6.90. The lowest BCUT2D eigenvalue weighted by Gasteiger charge is -2.23. The normalized spacial score (nSPS) is 11.4. The predicted octanol–water partition coefficient (Wildman–Crippen LogP) is 1.61. The molecule has 1 N–H and O–H groups in total. The van der Waals surface area contributed by atoms with Crippen LogP contribution in [-0.4, -0.2) is 29.9 Å². The van der Waals surface area contributed by atoms with Gasteiger partial charge in [0, 0.05) is 18.9 Å². The van der Waals surface area contributed by atoms with E-state index in [1.54, 1.807) is 4.68 Å². The molecule has 2 aromatic rings. The fraction of sp³-hybridized carbons (Fsp3) is 0.333. The summed E-state index contributed by atoms with van der Waals surface area (Å²) < 4.78 is 1.72. The number of aryl methyl sites for hydroxylation is 2. The molecular formula is C15H21N3OSi. The number of hydrogen-bond acceptors (Lipinski definition) is 2. The molecule has 0 aliphatic rings. The second kappa shape index (κ2) is 5.62. The van der Waals surface area contributed by atoms with Gasteiger partial charge in [-0.25, -0.2) is 0 Å². The number of carbonyl (C=O) groups is 1. The van der Waals surface area contributed by atoms with E-state index in [9.17, 15) is 4.79 Å². The van der Waals surface area contributed by atoms with Gasteiger partial charge in [-0.3, -0.25) is 9.48 Å². The fourth-order valence-corrected chi connectivity index (χ4v) is 3.96. The summed E-state index contributed by atoms with van der Waals surface area (Å²) in [5.41, 5.74) is 1.47. The SMILES string of the molecule is Cc1cc(C(=O)NC[Si](C)(C)c2ccccc2)nn1C. The van der Waals surface area contributed by atoms with Crippen molar-refractivity contribution < 1.29 is 4.79 Å². The van der Waals surface area contributed by atoms with Gasteiger partial charge in [-0.05, 0) is 13.0 Å². The molecule has 0 atom stereocenters. The van der Waals surface area contributed by atoms with Gasteiger partial charge in [0.1, 0.15) is 13.8 Å². The van der Waals surface area contributed by atoms with Gasteiger partial charge in [0.05, 0.1) is 0 Å². The second-order valence-corrected chi connectivity index (χ2v) is 10.4. The van der Waals surface area contributed by atoms with Crippen molar-refractivity contribution in [1.82, 2.24) is 15.1 Å². The number of nitrogens with one attached hydrogen (secondary N) is 1. The van der Waals surface area contributed by atoms with E-state index in [-0.39, 0.29) is 5.91 Å². The molecule has 1 aromatic heterocycles. The maximum Gasteiger partial charge on any atom is 0.271 e. The summed E-state index contributed by atoms with van der Waals surface area (Å²) in [7, 11) is 0.194. The summed E-state index contributed by atoms with van der Waals surface area (Å²) >= 11 is 0. The summed E-state index contributed by atoms with van der Waals surface area (Å²) in [6.07, 6.45) is 0.714. The highest BCUT2D eigenvalue weighted by atomic mass is 28.3. The lowest BCUT2D eigenvalue weighted by molar-refractivity contribution is 0.0954. The monoisotopic (exact) mass is 287 g/mol. The van der Waals surface area contributed by atoms with Gasteiger partial charge in [0.2, 0.25) is 0 Å². The minimum Gasteiger partial charge on any atom is -0.353 e. The van der Waals surface area contributed by atoms with Crippen molar-refractivity contribution in [2.24, 2.45) is 7.05 Å². The molecule has 2 rings (SSSR count). The Hall–Kier alpha value is -1.88. The van der Waals surface area contributed by atoms with Crippen LogP contribution in [-0.2, 0) is 7.05 Å². The zero-order valence-electron chi connectivity index (χ0n) is 12.5. The summed E-state index contributed by atoms with van der Waals surface area (Å²) in [5, 5.41) is 8.57. The molecule has 0 spiro atoms. The van der Waals surface area contributed by atoms with Crippen LogP contribution in [0.5, 0.6) is 0 Å². The van der Waals surface area contributed by atoms with Crippen molar-refractivity contribution in [3.63, 3.8) is 0 Å². The number of rotatable bonds is 4. The maximum atomic E-state index is 12.1. The molecule has 0 aliphatic heterocycles. The molecule has 0 radical (unpaired) electrons. The van der Waals surface area contributed by atoms with Gasteiger partial charge in [-0.1, -0.05) is 48.6 Å². The van der Waals surface area contributed by atoms with Crippen LogP contribution in [0.25, 0.3) is 0 Å². The van der Waals surface area contributed by atoms with Crippen molar-refractivity contribution in [3.8, 4) is 0 Å². The van der Waals surface area contributed by atoms with E-state index in [0.717, 1.165) is 5.69 Å². The smallest absolute Gasteiger partial charge is 0.271 e. The number of hydrogen-bond donors (Lipinski definition) is 1. The molecule has 0 unspecified atom stereocenters. The molecule has 106 valence electrons. The zero-order chi connectivity index (χ0) is 14.8. The summed E-state index contributed by atoms with van der Waals surface area (Å²) in [5.74, 6) is -0.0924. The van der Waals surface area contributed by atoms with E-state index in [1.165, 1.54) is 5.19 Å². The number of benzene rings is 1. The van der Waals surface area contributed by atoms with Crippen LogP contribution in [0.1, 0.15) is 16.2 Å². The standard InChI is InChI=1S/C15H21N3OSi/c1-12-10-14(17-18(12)2)15(19)16-11-20(3,4)13-8-6-5-7-9-13/h5-10H,11H2,1-4H3,(H,16,19). The third-order valence-corrected chi connectivity index (χ3v) is 6.55. The molecule has 0 bridgehead atoms. The Balaban J connectivity index is 2.03. The zero-order valence-corrected chi connectivity index (χ0v) is 13.5. The molecule has 5 heteroatoms. The highest BCUT2D eigenvalue weighted by Gasteiger charge is 2.24. The minimum absolute atomic E-state index is 0.0924. The van der Waals surface area contributed by atoms with E-state index in [0.29, 0.717) is 11.9 Å². The first-order valence-electron chi connectivity index (χ1n) is 6.74. The van der Waals surface area contributed by atoms with Crippen molar-refractivity contribution in [2.45, 2.75) is 20.0 Å². The average molecular weight is 287 g/mol. The van der Waals surface area contributed by atoms with Crippen molar-refractivity contribution in [3.05, 3.63) is 47.8 Å². The van der Waals surface area contributed by atoms with E-state index in [4.69, 9.17) is 0 Å². The number of carbonyl (C=O) groups excluding carboxylic acids is 1. The molecular weight excluding hydrogens is 266 g/mol. The predicted molar refractivity (Wildman–Crippen MR) is 83.8 cm³/mol. The fourth-order valence-electron chi connectivity index (χ4n) is 2.05. The van der Waals surface area contributed by atoms with Crippen LogP contribution in [0.15, 0.2) is 36.4 Å². The number of amides is 1. The van der Waals surface area contributed by atoms with E-state index >= 15 is 0 Å². The van der Waals surface area contributed by atoms with Gasteiger partial charge < -0.3 is 5.32 Å². The van der Waals surface area contributed by atoms with Crippen molar-refractivity contribution in [1.29, 1.82) is 0 Å². The first-order chi connectivity index (χ1) is 9.40. The second-order valence-electron chi connectivity index (χ2n) is 5.73. The first-order valence-corrected chi connectivity index (χ1v) is 9.95. The topological polar surface area (TPSA) is 46.9 Å². The Morgan fingerprint density at radius 3 is 2.50 bits per heavy atom. The van der Waals surface area contributed by atoms with Crippen LogP contribution < -0.4 is 10.5 Å².